The topological polar surface area (TPSA) is 74.6 Å². The van der Waals surface area contributed by atoms with Crippen LogP contribution in [0, 0.1) is 0 Å². The van der Waals surface area contributed by atoms with Crippen molar-refractivity contribution in [1.29, 1.82) is 0 Å². The molecule has 0 unspecified atom stereocenters. The predicted octanol–water partition coefficient (Wildman–Crippen LogP) is 9.42. The molecule has 0 aromatic heterocycles. The zero-order valence-electron chi connectivity index (χ0n) is 22.6. The summed E-state index contributed by atoms with van der Waals surface area (Å²) in [6.07, 6.45) is 0. The largest absolute Gasteiger partial charge is 0.478 e. The highest BCUT2D eigenvalue weighted by molar-refractivity contribution is 5.90. The first-order valence-electron chi connectivity index (χ1n) is 13.5. The molecule has 2 N–H and O–H groups in total. The summed E-state index contributed by atoms with van der Waals surface area (Å²) in [5.74, 6) is -1.91. The molecule has 0 aliphatic rings. The smallest absolute Gasteiger partial charge is 0.335 e. The van der Waals surface area contributed by atoms with Crippen LogP contribution in [0.25, 0.3) is 55.6 Å². The molecular weight excluding hydrogens is 520 g/mol. The van der Waals surface area contributed by atoms with E-state index in [2.05, 4.69) is 60.7 Å². The van der Waals surface area contributed by atoms with Gasteiger partial charge in [0.05, 0.1) is 11.1 Å². The van der Waals surface area contributed by atoms with Crippen LogP contribution in [0.4, 0.5) is 0 Å². The highest BCUT2D eigenvalue weighted by atomic mass is 16.4. The van der Waals surface area contributed by atoms with Crippen LogP contribution in [0.3, 0.4) is 0 Å². The van der Waals surface area contributed by atoms with E-state index >= 15 is 0 Å². The summed E-state index contributed by atoms with van der Waals surface area (Å²) in [6.45, 7) is 0. The summed E-state index contributed by atoms with van der Waals surface area (Å²) in [7, 11) is 0. The molecule has 6 rings (SSSR count). The molecule has 0 heterocycles. The second kappa shape index (κ2) is 11.4. The third kappa shape index (κ3) is 5.60. The van der Waals surface area contributed by atoms with E-state index in [1.807, 2.05) is 60.7 Å². The Hall–Kier alpha value is -5.74. The molecule has 0 aliphatic carbocycles. The Morgan fingerprint density at radius 2 is 0.548 bits per heavy atom. The summed E-state index contributed by atoms with van der Waals surface area (Å²) in [6, 6.07) is 47.1. The molecule has 0 aliphatic heterocycles. The van der Waals surface area contributed by atoms with Crippen molar-refractivity contribution in [3.05, 3.63) is 157 Å². The quantitative estimate of drug-likeness (QED) is 0.209. The lowest BCUT2D eigenvalue weighted by molar-refractivity contribution is 0.0686. The molecule has 4 heteroatoms. The zero-order valence-corrected chi connectivity index (χ0v) is 22.6. The SMILES string of the molecule is O=C(O)c1ccc(-c2cc(-c3ccccc3)cc(-c3cc(-c4ccccc4)cc(-c4ccc(C(=O)O)cc4)c3)c2)cc1. The Morgan fingerprint density at radius 1 is 0.310 bits per heavy atom. The number of carboxylic acid groups (broad SMARTS) is 2. The highest BCUT2D eigenvalue weighted by Crippen LogP contribution is 2.37. The molecule has 0 fully saturated rings. The Bertz CT molecular complexity index is 1750. The van der Waals surface area contributed by atoms with E-state index in [9.17, 15) is 19.8 Å². The molecule has 6 aromatic rings. The number of hydrogen-bond donors (Lipinski definition) is 2. The van der Waals surface area contributed by atoms with Gasteiger partial charge in [-0.15, -0.1) is 0 Å². The van der Waals surface area contributed by atoms with E-state index in [1.54, 1.807) is 24.3 Å². The summed E-state index contributed by atoms with van der Waals surface area (Å²) < 4.78 is 0. The molecule has 4 nitrogen and oxygen atoms in total. The molecule has 202 valence electrons. The Kier molecular flexibility index (Phi) is 7.19. The summed E-state index contributed by atoms with van der Waals surface area (Å²) in [5, 5.41) is 18.8. The maximum atomic E-state index is 11.4. The van der Waals surface area contributed by atoms with E-state index < -0.39 is 11.9 Å². The van der Waals surface area contributed by atoms with Crippen LogP contribution in [0.1, 0.15) is 20.7 Å². The van der Waals surface area contributed by atoms with E-state index in [4.69, 9.17) is 0 Å². The first kappa shape index (κ1) is 26.5. The van der Waals surface area contributed by atoms with Gasteiger partial charge in [-0.05, 0) is 116 Å². The van der Waals surface area contributed by atoms with Gasteiger partial charge in [0.15, 0.2) is 0 Å². The average Bonchev–Trinajstić information content (AvgIpc) is 3.05. The van der Waals surface area contributed by atoms with Crippen LogP contribution in [-0.4, -0.2) is 22.2 Å². The third-order valence-electron chi connectivity index (χ3n) is 7.34. The summed E-state index contributed by atoms with van der Waals surface area (Å²) in [5.41, 5.74) is 10.5. The van der Waals surface area contributed by atoms with Gasteiger partial charge in [-0.2, -0.15) is 0 Å². The third-order valence-corrected chi connectivity index (χ3v) is 7.34. The molecule has 0 amide bonds. The molecule has 0 bridgehead atoms. The second-order valence-corrected chi connectivity index (χ2v) is 10.1. The van der Waals surface area contributed by atoms with Gasteiger partial charge in [0.1, 0.15) is 0 Å². The van der Waals surface area contributed by atoms with Crippen LogP contribution in [-0.2, 0) is 0 Å². The van der Waals surface area contributed by atoms with Crippen LogP contribution >= 0.6 is 0 Å². The van der Waals surface area contributed by atoms with E-state index in [-0.39, 0.29) is 11.1 Å². The monoisotopic (exact) mass is 546 g/mol. The fourth-order valence-corrected chi connectivity index (χ4v) is 5.13. The average molecular weight is 547 g/mol. The minimum Gasteiger partial charge on any atom is -0.478 e. The van der Waals surface area contributed by atoms with Crippen molar-refractivity contribution in [3.63, 3.8) is 0 Å². The van der Waals surface area contributed by atoms with Gasteiger partial charge in [0, 0.05) is 0 Å². The molecule has 42 heavy (non-hydrogen) atoms. The highest BCUT2D eigenvalue weighted by Gasteiger charge is 2.12. The van der Waals surface area contributed by atoms with Crippen molar-refractivity contribution in [2.75, 3.05) is 0 Å². The molecule has 0 atom stereocenters. The minimum absolute atomic E-state index is 0.243. The van der Waals surface area contributed by atoms with Crippen LogP contribution < -0.4 is 0 Å². The molecular formula is C38H26O4. The Morgan fingerprint density at radius 3 is 0.810 bits per heavy atom. The minimum atomic E-state index is -0.957. The van der Waals surface area contributed by atoms with Crippen molar-refractivity contribution in [2.45, 2.75) is 0 Å². The lowest BCUT2D eigenvalue weighted by atomic mass is 9.89. The van der Waals surface area contributed by atoms with Gasteiger partial charge in [0.25, 0.3) is 0 Å². The molecule has 0 radical (unpaired) electrons. The standard InChI is InChI=1S/C38H26O4/c39-37(40)29-15-11-27(12-16-29)33-19-31(25-7-3-1-4-8-25)21-35(23-33)36-22-32(26-9-5-2-6-10-26)20-34(24-36)28-13-17-30(18-14-28)38(41)42/h1-24H,(H,39,40)(H,41,42). The van der Waals surface area contributed by atoms with Crippen molar-refractivity contribution in [1.82, 2.24) is 0 Å². The van der Waals surface area contributed by atoms with E-state index in [1.165, 1.54) is 0 Å². The van der Waals surface area contributed by atoms with Crippen LogP contribution in [0.5, 0.6) is 0 Å². The molecule has 0 saturated heterocycles. The van der Waals surface area contributed by atoms with Gasteiger partial charge in [0.2, 0.25) is 0 Å². The van der Waals surface area contributed by atoms with Gasteiger partial charge in [-0.25, -0.2) is 9.59 Å². The van der Waals surface area contributed by atoms with Crippen molar-refractivity contribution in [2.24, 2.45) is 0 Å². The number of rotatable bonds is 7. The fourth-order valence-electron chi connectivity index (χ4n) is 5.13. The van der Waals surface area contributed by atoms with Gasteiger partial charge in [-0.1, -0.05) is 84.9 Å². The normalized spacial score (nSPS) is 10.8. The van der Waals surface area contributed by atoms with Gasteiger partial charge >= 0.3 is 11.9 Å². The van der Waals surface area contributed by atoms with Crippen molar-refractivity contribution in [3.8, 4) is 55.6 Å². The lowest BCUT2D eigenvalue weighted by Crippen LogP contribution is -1.95. The number of carboxylic acids is 2. The number of hydrogen-bond acceptors (Lipinski definition) is 2. The second-order valence-electron chi connectivity index (χ2n) is 10.1. The number of aromatic carboxylic acids is 2. The predicted molar refractivity (Wildman–Crippen MR) is 168 cm³/mol. The van der Waals surface area contributed by atoms with Crippen LogP contribution in [0.2, 0.25) is 0 Å². The van der Waals surface area contributed by atoms with Crippen molar-refractivity contribution >= 4 is 11.9 Å². The van der Waals surface area contributed by atoms with Crippen molar-refractivity contribution < 1.29 is 19.8 Å². The first-order chi connectivity index (χ1) is 20.4. The summed E-state index contributed by atoms with van der Waals surface area (Å²) >= 11 is 0. The molecule has 0 spiro atoms. The maximum absolute atomic E-state index is 11.4. The van der Waals surface area contributed by atoms with Crippen LogP contribution in [0.15, 0.2) is 146 Å². The van der Waals surface area contributed by atoms with E-state index in [0.29, 0.717) is 0 Å². The lowest BCUT2D eigenvalue weighted by Gasteiger charge is -2.15. The number of benzene rings is 6. The summed E-state index contributed by atoms with van der Waals surface area (Å²) in [4.78, 5) is 22.9. The van der Waals surface area contributed by atoms with E-state index in [0.717, 1.165) is 55.6 Å². The maximum Gasteiger partial charge on any atom is 0.335 e. The molecule has 6 aromatic carbocycles. The zero-order chi connectivity index (χ0) is 29.1. The fraction of sp³-hybridized carbons (Fsp3) is 0. The first-order valence-corrected chi connectivity index (χ1v) is 13.5. The number of carbonyl (C=O) groups is 2. The molecule has 0 saturated carbocycles. The van der Waals surface area contributed by atoms with Gasteiger partial charge < -0.3 is 10.2 Å². The van der Waals surface area contributed by atoms with Gasteiger partial charge in [-0.3, -0.25) is 0 Å². The Labute approximate surface area is 243 Å². The Balaban J connectivity index is 1.55.